The molecule has 0 aromatic rings. The molecule has 2 nitrogen and oxygen atoms in total. The van der Waals surface area contributed by atoms with Gasteiger partial charge in [-0.3, -0.25) is 0 Å². The van der Waals surface area contributed by atoms with Crippen molar-refractivity contribution in [2.45, 2.75) is 39.2 Å². The standard InChI is InChI=1S/C12H21NO/c1-4-5-7-13-8-6-11(14)9-12(2,3)10-13/h1,11,14H,5-10H2,2-3H3. The largest absolute Gasteiger partial charge is 0.393 e. The molecule has 1 aliphatic rings. The van der Waals surface area contributed by atoms with Crippen molar-refractivity contribution in [1.29, 1.82) is 0 Å². The summed E-state index contributed by atoms with van der Waals surface area (Å²) in [6, 6.07) is 0. The molecule has 1 N–H and O–H groups in total. The van der Waals surface area contributed by atoms with Gasteiger partial charge in [0.2, 0.25) is 0 Å². The molecule has 80 valence electrons. The van der Waals surface area contributed by atoms with Gasteiger partial charge in [0.15, 0.2) is 0 Å². The summed E-state index contributed by atoms with van der Waals surface area (Å²) in [4.78, 5) is 2.37. The molecule has 0 spiro atoms. The zero-order valence-electron chi connectivity index (χ0n) is 9.29. The van der Waals surface area contributed by atoms with Gasteiger partial charge in [0.05, 0.1) is 6.10 Å². The summed E-state index contributed by atoms with van der Waals surface area (Å²) in [5, 5.41) is 9.70. The second-order valence-corrected chi connectivity index (χ2v) is 5.04. The fraction of sp³-hybridized carbons (Fsp3) is 0.833. The van der Waals surface area contributed by atoms with Gasteiger partial charge in [0.25, 0.3) is 0 Å². The highest BCUT2D eigenvalue weighted by molar-refractivity contribution is 4.87. The van der Waals surface area contributed by atoms with Crippen molar-refractivity contribution in [3.63, 3.8) is 0 Å². The summed E-state index contributed by atoms with van der Waals surface area (Å²) in [5.74, 6) is 2.67. The maximum absolute atomic E-state index is 9.70. The molecule has 0 bridgehead atoms. The Hall–Kier alpha value is -0.520. The summed E-state index contributed by atoms with van der Waals surface area (Å²) in [5.41, 5.74) is 0.213. The van der Waals surface area contributed by atoms with Gasteiger partial charge in [-0.05, 0) is 18.3 Å². The van der Waals surface area contributed by atoms with E-state index in [1.807, 2.05) is 0 Å². The van der Waals surface area contributed by atoms with Gasteiger partial charge < -0.3 is 10.0 Å². The molecule has 0 radical (unpaired) electrons. The van der Waals surface area contributed by atoms with Crippen LogP contribution >= 0.6 is 0 Å². The van der Waals surface area contributed by atoms with Gasteiger partial charge >= 0.3 is 0 Å². The normalized spacial score (nSPS) is 28.0. The van der Waals surface area contributed by atoms with E-state index in [1.165, 1.54) is 0 Å². The summed E-state index contributed by atoms with van der Waals surface area (Å²) in [7, 11) is 0. The van der Waals surface area contributed by atoms with Crippen LogP contribution in [0.5, 0.6) is 0 Å². The second-order valence-electron chi connectivity index (χ2n) is 5.04. The van der Waals surface area contributed by atoms with Gasteiger partial charge in [0, 0.05) is 26.1 Å². The van der Waals surface area contributed by atoms with E-state index in [4.69, 9.17) is 6.42 Å². The van der Waals surface area contributed by atoms with Gasteiger partial charge in [-0.25, -0.2) is 0 Å². The van der Waals surface area contributed by atoms with Crippen LogP contribution in [0.15, 0.2) is 0 Å². The smallest absolute Gasteiger partial charge is 0.0558 e. The van der Waals surface area contributed by atoms with E-state index in [0.29, 0.717) is 0 Å². The number of hydrogen-bond acceptors (Lipinski definition) is 2. The number of aliphatic hydroxyl groups is 1. The Morgan fingerprint density at radius 1 is 1.57 bits per heavy atom. The third-order valence-electron chi connectivity index (χ3n) is 2.79. The molecular formula is C12H21NO. The van der Waals surface area contributed by atoms with E-state index >= 15 is 0 Å². The molecule has 1 unspecified atom stereocenters. The minimum Gasteiger partial charge on any atom is -0.393 e. The lowest BCUT2D eigenvalue weighted by Gasteiger charge is -2.29. The monoisotopic (exact) mass is 195 g/mol. The van der Waals surface area contributed by atoms with Crippen LogP contribution in [0.4, 0.5) is 0 Å². The number of aliphatic hydroxyl groups excluding tert-OH is 1. The highest BCUT2D eigenvalue weighted by Gasteiger charge is 2.28. The lowest BCUT2D eigenvalue weighted by molar-refractivity contribution is 0.121. The zero-order chi connectivity index (χ0) is 10.6. The summed E-state index contributed by atoms with van der Waals surface area (Å²) in [6.07, 6.45) is 7.71. The Bertz CT molecular complexity index is 217. The fourth-order valence-corrected chi connectivity index (χ4v) is 2.23. The molecule has 0 saturated carbocycles. The highest BCUT2D eigenvalue weighted by Crippen LogP contribution is 2.28. The third kappa shape index (κ3) is 3.69. The Kier molecular flexibility index (Phi) is 3.97. The summed E-state index contributed by atoms with van der Waals surface area (Å²) in [6.45, 7) is 7.42. The molecule has 1 atom stereocenters. The van der Waals surface area contributed by atoms with E-state index in [2.05, 4.69) is 24.7 Å². The Morgan fingerprint density at radius 2 is 2.29 bits per heavy atom. The molecule has 1 heterocycles. The molecule has 14 heavy (non-hydrogen) atoms. The first-order valence-electron chi connectivity index (χ1n) is 5.37. The average Bonchev–Trinajstić information content (AvgIpc) is 2.20. The number of hydrogen-bond donors (Lipinski definition) is 1. The van der Waals surface area contributed by atoms with E-state index in [1.54, 1.807) is 0 Å². The van der Waals surface area contributed by atoms with E-state index in [-0.39, 0.29) is 11.5 Å². The minimum atomic E-state index is -0.138. The van der Waals surface area contributed by atoms with Gasteiger partial charge in [-0.1, -0.05) is 13.8 Å². The molecule has 0 aromatic heterocycles. The van der Waals surface area contributed by atoms with Crippen molar-refractivity contribution in [1.82, 2.24) is 4.90 Å². The molecule has 1 rings (SSSR count). The molecule has 0 amide bonds. The van der Waals surface area contributed by atoms with Crippen LogP contribution in [0, 0.1) is 17.8 Å². The fourth-order valence-electron chi connectivity index (χ4n) is 2.23. The third-order valence-corrected chi connectivity index (χ3v) is 2.79. The first-order valence-corrected chi connectivity index (χ1v) is 5.37. The van der Waals surface area contributed by atoms with Crippen LogP contribution in [-0.2, 0) is 0 Å². The van der Waals surface area contributed by atoms with Crippen LogP contribution in [0.25, 0.3) is 0 Å². The first-order chi connectivity index (χ1) is 6.53. The lowest BCUT2D eigenvalue weighted by Crippen LogP contribution is -2.33. The van der Waals surface area contributed by atoms with Gasteiger partial charge in [-0.15, -0.1) is 12.3 Å². The van der Waals surface area contributed by atoms with Crippen molar-refractivity contribution in [2.75, 3.05) is 19.6 Å². The van der Waals surface area contributed by atoms with Crippen molar-refractivity contribution in [3.8, 4) is 12.3 Å². The molecule has 0 aromatic carbocycles. The van der Waals surface area contributed by atoms with Gasteiger partial charge in [0.1, 0.15) is 0 Å². The van der Waals surface area contributed by atoms with Crippen LogP contribution in [0.2, 0.25) is 0 Å². The van der Waals surface area contributed by atoms with E-state index in [9.17, 15) is 5.11 Å². The Morgan fingerprint density at radius 3 is 2.93 bits per heavy atom. The quantitative estimate of drug-likeness (QED) is 0.675. The van der Waals surface area contributed by atoms with E-state index in [0.717, 1.165) is 38.9 Å². The number of rotatable bonds is 2. The molecular weight excluding hydrogens is 174 g/mol. The van der Waals surface area contributed by atoms with Crippen LogP contribution in [-0.4, -0.2) is 35.7 Å². The number of likely N-dealkylation sites (tertiary alicyclic amines) is 1. The van der Waals surface area contributed by atoms with E-state index < -0.39 is 0 Å². The van der Waals surface area contributed by atoms with Crippen molar-refractivity contribution >= 4 is 0 Å². The Labute approximate surface area is 87.3 Å². The minimum absolute atomic E-state index is 0.138. The van der Waals surface area contributed by atoms with Crippen LogP contribution < -0.4 is 0 Å². The molecule has 1 fully saturated rings. The zero-order valence-corrected chi connectivity index (χ0v) is 9.29. The van der Waals surface area contributed by atoms with Crippen LogP contribution in [0.1, 0.15) is 33.1 Å². The number of nitrogens with zero attached hydrogens (tertiary/aromatic N) is 1. The number of terminal acetylenes is 1. The second kappa shape index (κ2) is 4.82. The summed E-state index contributed by atoms with van der Waals surface area (Å²) >= 11 is 0. The molecule has 2 heteroatoms. The van der Waals surface area contributed by atoms with Crippen molar-refractivity contribution in [3.05, 3.63) is 0 Å². The first kappa shape index (κ1) is 11.6. The predicted octanol–water partition coefficient (Wildman–Crippen LogP) is 1.49. The van der Waals surface area contributed by atoms with Crippen LogP contribution in [0.3, 0.4) is 0 Å². The van der Waals surface area contributed by atoms with Gasteiger partial charge in [-0.2, -0.15) is 0 Å². The van der Waals surface area contributed by atoms with Crippen molar-refractivity contribution in [2.24, 2.45) is 5.41 Å². The molecule has 1 saturated heterocycles. The molecule has 1 aliphatic heterocycles. The topological polar surface area (TPSA) is 23.5 Å². The maximum atomic E-state index is 9.70. The molecule has 0 aliphatic carbocycles. The predicted molar refractivity (Wildman–Crippen MR) is 58.9 cm³/mol. The summed E-state index contributed by atoms with van der Waals surface area (Å²) < 4.78 is 0. The van der Waals surface area contributed by atoms with Crippen molar-refractivity contribution < 1.29 is 5.11 Å². The Balaban J connectivity index is 2.50. The maximum Gasteiger partial charge on any atom is 0.0558 e. The SMILES string of the molecule is C#CCCN1CCC(O)CC(C)(C)C1. The lowest BCUT2D eigenvalue weighted by atomic mass is 9.87. The highest BCUT2D eigenvalue weighted by atomic mass is 16.3. The average molecular weight is 195 g/mol.